The highest BCUT2D eigenvalue weighted by Gasteiger charge is 2.34. The predicted molar refractivity (Wildman–Crippen MR) is 93.6 cm³/mol. The minimum atomic E-state index is -3.51. The first-order chi connectivity index (χ1) is 12.0. The number of carbonyl (C=O) groups excluding carboxylic acids is 1. The zero-order valence-electron chi connectivity index (χ0n) is 14.3. The third kappa shape index (κ3) is 4.38. The molecule has 0 aromatic heterocycles. The van der Waals surface area contributed by atoms with Crippen LogP contribution in [0.2, 0.25) is 0 Å². The van der Waals surface area contributed by atoms with Gasteiger partial charge in [-0.25, -0.2) is 13.1 Å². The maximum Gasteiger partial charge on any atom is 0.242 e. The number of benzene rings is 1. The van der Waals surface area contributed by atoms with Crippen molar-refractivity contribution in [1.82, 2.24) is 14.9 Å². The molecule has 0 radical (unpaired) electrons. The first-order valence-electron chi connectivity index (χ1n) is 8.68. The molecule has 2 fully saturated rings. The van der Waals surface area contributed by atoms with Gasteiger partial charge in [-0.3, -0.25) is 4.79 Å². The summed E-state index contributed by atoms with van der Waals surface area (Å²) < 4.78 is 33.1. The number of rotatable bonds is 4. The number of morpholine rings is 1. The lowest BCUT2D eigenvalue weighted by Gasteiger charge is -2.37. The summed E-state index contributed by atoms with van der Waals surface area (Å²) in [6.07, 6.45) is 1.08. The van der Waals surface area contributed by atoms with Crippen LogP contribution in [0.4, 0.5) is 0 Å². The number of likely N-dealkylation sites (tertiary alicyclic amines) is 1. The van der Waals surface area contributed by atoms with Crippen LogP contribution in [-0.4, -0.2) is 63.7 Å². The molecule has 138 valence electrons. The average molecular weight is 367 g/mol. The van der Waals surface area contributed by atoms with Crippen LogP contribution in [0.15, 0.2) is 35.2 Å². The molecule has 0 spiro atoms. The van der Waals surface area contributed by atoms with Gasteiger partial charge in [-0.1, -0.05) is 18.2 Å². The Bertz CT molecular complexity index is 687. The number of hydrogen-bond acceptors (Lipinski definition) is 5. The number of hydrogen-bond donors (Lipinski definition) is 2. The molecule has 0 aliphatic carbocycles. The fourth-order valence-electron chi connectivity index (χ4n) is 3.31. The summed E-state index contributed by atoms with van der Waals surface area (Å²) in [5, 5.41) is 3.21. The maximum absolute atomic E-state index is 12.6. The fraction of sp³-hybridized carbons (Fsp3) is 0.588. The van der Waals surface area contributed by atoms with Gasteiger partial charge in [0.15, 0.2) is 0 Å². The molecular weight excluding hydrogens is 342 g/mol. The Morgan fingerprint density at radius 3 is 2.56 bits per heavy atom. The molecule has 0 unspecified atom stereocenters. The molecule has 7 nitrogen and oxygen atoms in total. The second kappa shape index (κ2) is 7.82. The molecule has 2 heterocycles. The Morgan fingerprint density at radius 2 is 1.92 bits per heavy atom. The van der Waals surface area contributed by atoms with E-state index in [0.29, 0.717) is 39.1 Å². The largest absolute Gasteiger partial charge is 0.375 e. The van der Waals surface area contributed by atoms with Crippen LogP contribution in [0.5, 0.6) is 0 Å². The second-order valence-corrected chi connectivity index (χ2v) is 8.26. The summed E-state index contributed by atoms with van der Waals surface area (Å²) in [5.41, 5.74) is 0. The lowest BCUT2D eigenvalue weighted by atomic mass is 10.0. The van der Waals surface area contributed by atoms with E-state index in [-0.39, 0.29) is 29.0 Å². The van der Waals surface area contributed by atoms with E-state index in [1.807, 2.05) is 6.92 Å². The topological polar surface area (TPSA) is 87.7 Å². The van der Waals surface area contributed by atoms with Crippen LogP contribution in [0.3, 0.4) is 0 Å². The van der Waals surface area contributed by atoms with Crippen molar-refractivity contribution in [3.63, 3.8) is 0 Å². The summed E-state index contributed by atoms with van der Waals surface area (Å²) in [7, 11) is -3.51. The number of piperidine rings is 1. The molecule has 2 N–H and O–H groups in total. The fourth-order valence-corrected chi connectivity index (χ4v) is 4.64. The Morgan fingerprint density at radius 1 is 1.24 bits per heavy atom. The van der Waals surface area contributed by atoms with Crippen molar-refractivity contribution < 1.29 is 17.9 Å². The molecular formula is C17H25N3O4S. The zero-order chi connectivity index (χ0) is 17.9. The number of nitrogens with zero attached hydrogens (tertiary/aromatic N) is 1. The van der Waals surface area contributed by atoms with Gasteiger partial charge in [-0.05, 0) is 31.9 Å². The van der Waals surface area contributed by atoms with E-state index in [1.165, 1.54) is 0 Å². The molecule has 2 saturated heterocycles. The Balaban J connectivity index is 1.54. The van der Waals surface area contributed by atoms with E-state index in [2.05, 4.69) is 10.0 Å². The summed E-state index contributed by atoms with van der Waals surface area (Å²) in [6, 6.07) is 7.89. The van der Waals surface area contributed by atoms with Crippen LogP contribution in [0.1, 0.15) is 19.8 Å². The van der Waals surface area contributed by atoms with Crippen molar-refractivity contribution in [3.8, 4) is 0 Å². The van der Waals surface area contributed by atoms with Gasteiger partial charge in [0.2, 0.25) is 15.9 Å². The maximum atomic E-state index is 12.6. The number of ether oxygens (including phenoxy) is 1. The van der Waals surface area contributed by atoms with Crippen molar-refractivity contribution in [3.05, 3.63) is 30.3 Å². The molecule has 0 saturated carbocycles. The minimum Gasteiger partial charge on any atom is -0.375 e. The van der Waals surface area contributed by atoms with Gasteiger partial charge in [-0.2, -0.15) is 0 Å². The Labute approximate surface area is 148 Å². The van der Waals surface area contributed by atoms with E-state index in [0.717, 1.165) is 0 Å². The molecule has 8 heteroatoms. The molecule has 3 rings (SSSR count). The number of sulfonamides is 1. The van der Waals surface area contributed by atoms with E-state index < -0.39 is 10.0 Å². The predicted octanol–water partition coefficient (Wildman–Crippen LogP) is 0.333. The van der Waals surface area contributed by atoms with Crippen LogP contribution >= 0.6 is 0 Å². The summed E-state index contributed by atoms with van der Waals surface area (Å²) in [5.74, 6) is 0.0385. The minimum absolute atomic E-state index is 0.0385. The van der Waals surface area contributed by atoms with Gasteiger partial charge in [-0.15, -0.1) is 0 Å². The highest BCUT2D eigenvalue weighted by molar-refractivity contribution is 7.89. The molecule has 2 atom stereocenters. The highest BCUT2D eigenvalue weighted by atomic mass is 32.2. The van der Waals surface area contributed by atoms with Crippen molar-refractivity contribution in [2.75, 3.05) is 26.2 Å². The van der Waals surface area contributed by atoms with E-state index in [4.69, 9.17) is 4.74 Å². The van der Waals surface area contributed by atoms with Gasteiger partial charge in [0.1, 0.15) is 6.04 Å². The number of nitrogens with one attached hydrogen (secondary N) is 2. The Hall–Kier alpha value is -1.48. The third-order valence-electron chi connectivity index (χ3n) is 4.76. The number of carbonyl (C=O) groups is 1. The quantitative estimate of drug-likeness (QED) is 0.801. The monoisotopic (exact) mass is 367 g/mol. The van der Waals surface area contributed by atoms with Gasteiger partial charge < -0.3 is 15.0 Å². The lowest BCUT2D eigenvalue weighted by molar-refractivity contribution is -0.140. The summed E-state index contributed by atoms with van der Waals surface area (Å²) in [4.78, 5) is 14.7. The second-order valence-electron chi connectivity index (χ2n) is 6.54. The van der Waals surface area contributed by atoms with Crippen molar-refractivity contribution in [2.24, 2.45) is 0 Å². The molecule has 1 aromatic rings. The van der Waals surface area contributed by atoms with Crippen molar-refractivity contribution in [1.29, 1.82) is 0 Å². The van der Waals surface area contributed by atoms with Crippen LogP contribution in [0, 0.1) is 0 Å². The van der Waals surface area contributed by atoms with Gasteiger partial charge >= 0.3 is 0 Å². The van der Waals surface area contributed by atoms with Gasteiger partial charge in [0, 0.05) is 25.7 Å². The van der Waals surface area contributed by atoms with Crippen LogP contribution in [-0.2, 0) is 19.6 Å². The third-order valence-corrected chi connectivity index (χ3v) is 6.30. The molecule has 2 aliphatic heterocycles. The molecule has 0 bridgehead atoms. The van der Waals surface area contributed by atoms with Gasteiger partial charge in [0.25, 0.3) is 0 Å². The highest BCUT2D eigenvalue weighted by Crippen LogP contribution is 2.17. The van der Waals surface area contributed by atoms with Crippen LogP contribution in [0.25, 0.3) is 0 Å². The van der Waals surface area contributed by atoms with E-state index in [1.54, 1.807) is 35.2 Å². The van der Waals surface area contributed by atoms with Crippen molar-refractivity contribution in [2.45, 2.75) is 42.8 Å². The molecule has 25 heavy (non-hydrogen) atoms. The first kappa shape index (κ1) is 18.3. The van der Waals surface area contributed by atoms with Crippen LogP contribution < -0.4 is 10.0 Å². The van der Waals surface area contributed by atoms with E-state index in [9.17, 15) is 13.2 Å². The summed E-state index contributed by atoms with van der Waals surface area (Å²) >= 11 is 0. The standard InChI is InChI=1S/C17H25N3O4S/c1-13-16(18-9-12-24-13)17(21)20-10-7-14(8-11-20)19-25(22,23)15-5-3-2-4-6-15/h2-6,13-14,16,18-19H,7-12H2,1H3/t13-,16+/m1/s1. The molecule has 1 aromatic carbocycles. The van der Waals surface area contributed by atoms with Gasteiger partial charge in [0.05, 0.1) is 17.6 Å². The smallest absolute Gasteiger partial charge is 0.242 e. The average Bonchev–Trinajstić information content (AvgIpc) is 2.63. The Kier molecular flexibility index (Phi) is 5.73. The lowest BCUT2D eigenvalue weighted by Crippen LogP contribution is -2.58. The normalized spacial score (nSPS) is 25.7. The SMILES string of the molecule is C[C@H]1OCCN[C@@H]1C(=O)N1CCC(NS(=O)(=O)c2ccccc2)CC1. The summed E-state index contributed by atoms with van der Waals surface area (Å²) in [6.45, 7) is 4.29. The first-order valence-corrected chi connectivity index (χ1v) is 10.2. The molecule has 1 amide bonds. The zero-order valence-corrected chi connectivity index (χ0v) is 15.2. The number of amides is 1. The molecule has 2 aliphatic rings. The van der Waals surface area contributed by atoms with E-state index >= 15 is 0 Å². The van der Waals surface area contributed by atoms with Crippen molar-refractivity contribution >= 4 is 15.9 Å².